The average Bonchev–Trinajstić information content (AvgIpc) is 2.75. The Kier molecular flexibility index (Phi) is 3.51. The van der Waals surface area contributed by atoms with Gasteiger partial charge in [-0.15, -0.1) is 0 Å². The highest BCUT2D eigenvalue weighted by Gasteiger charge is 2.05. The Labute approximate surface area is 99.7 Å². The molecule has 0 amide bonds. The maximum Gasteiger partial charge on any atom is 0.202 e. The van der Waals surface area contributed by atoms with Gasteiger partial charge >= 0.3 is 0 Å². The monoisotopic (exact) mass is 233 g/mol. The summed E-state index contributed by atoms with van der Waals surface area (Å²) in [6.45, 7) is 5.16. The summed E-state index contributed by atoms with van der Waals surface area (Å²) >= 11 is 1.42. The first-order valence-corrected chi connectivity index (χ1v) is 6.21. The van der Waals surface area contributed by atoms with E-state index in [1.165, 1.54) is 17.1 Å². The Bertz CT molecular complexity index is 465. The number of anilines is 1. The van der Waals surface area contributed by atoms with Crippen LogP contribution >= 0.6 is 11.5 Å². The summed E-state index contributed by atoms with van der Waals surface area (Å²) in [7, 11) is 0. The maximum atomic E-state index is 4.46. The number of hydrogen-bond acceptors (Lipinski definition) is 4. The minimum absolute atomic E-state index is 0.812. The van der Waals surface area contributed by atoms with Gasteiger partial charge in [-0.3, -0.25) is 0 Å². The van der Waals surface area contributed by atoms with Crippen molar-refractivity contribution in [2.75, 3.05) is 11.9 Å². The zero-order chi connectivity index (χ0) is 11.4. The Balaban J connectivity index is 2.18. The average molecular weight is 233 g/mol. The van der Waals surface area contributed by atoms with Crippen LogP contribution in [0.5, 0.6) is 0 Å². The largest absolute Gasteiger partial charge is 0.360 e. The van der Waals surface area contributed by atoms with E-state index in [0.29, 0.717) is 0 Å². The van der Waals surface area contributed by atoms with Crippen molar-refractivity contribution in [3.05, 3.63) is 29.8 Å². The standard InChI is InChI=1S/C12H15N3S/c1-3-7-13-12-14-11(15-16-12)10-6-4-5-9(2)8-10/h4-6,8H,3,7H2,1-2H3,(H,13,14,15). The zero-order valence-corrected chi connectivity index (χ0v) is 10.3. The van der Waals surface area contributed by atoms with Crippen LogP contribution in [0.3, 0.4) is 0 Å². The molecule has 0 bridgehead atoms. The highest BCUT2D eigenvalue weighted by Crippen LogP contribution is 2.21. The van der Waals surface area contributed by atoms with E-state index in [1.54, 1.807) is 0 Å². The van der Waals surface area contributed by atoms with Gasteiger partial charge in [-0.2, -0.15) is 9.36 Å². The van der Waals surface area contributed by atoms with E-state index in [1.807, 2.05) is 12.1 Å². The molecule has 0 aliphatic rings. The number of aromatic nitrogens is 2. The molecule has 3 nitrogen and oxygen atoms in total. The van der Waals surface area contributed by atoms with Crippen molar-refractivity contribution in [3.8, 4) is 11.4 Å². The number of hydrogen-bond donors (Lipinski definition) is 1. The molecule has 16 heavy (non-hydrogen) atoms. The predicted molar refractivity (Wildman–Crippen MR) is 68.9 cm³/mol. The molecule has 0 aliphatic carbocycles. The second kappa shape index (κ2) is 5.07. The highest BCUT2D eigenvalue weighted by molar-refractivity contribution is 7.09. The van der Waals surface area contributed by atoms with Crippen molar-refractivity contribution in [2.24, 2.45) is 0 Å². The van der Waals surface area contributed by atoms with Crippen molar-refractivity contribution in [3.63, 3.8) is 0 Å². The summed E-state index contributed by atoms with van der Waals surface area (Å²) < 4.78 is 4.35. The van der Waals surface area contributed by atoms with Crippen LogP contribution in [0.2, 0.25) is 0 Å². The maximum absolute atomic E-state index is 4.46. The molecule has 2 rings (SSSR count). The van der Waals surface area contributed by atoms with Gasteiger partial charge < -0.3 is 5.32 Å². The summed E-state index contributed by atoms with van der Waals surface area (Å²) in [5, 5.41) is 4.15. The van der Waals surface area contributed by atoms with E-state index < -0.39 is 0 Å². The molecular formula is C12H15N3S. The molecule has 1 aromatic heterocycles. The molecule has 0 saturated carbocycles. The fraction of sp³-hybridized carbons (Fsp3) is 0.333. The summed E-state index contributed by atoms with van der Waals surface area (Å²) in [4.78, 5) is 4.46. The molecule has 1 aromatic carbocycles. The fourth-order valence-corrected chi connectivity index (χ4v) is 2.04. The summed E-state index contributed by atoms with van der Waals surface area (Å²) in [5.74, 6) is 0.812. The molecule has 0 fully saturated rings. The zero-order valence-electron chi connectivity index (χ0n) is 9.53. The van der Waals surface area contributed by atoms with Crippen molar-refractivity contribution < 1.29 is 0 Å². The lowest BCUT2D eigenvalue weighted by atomic mass is 10.1. The number of nitrogens with one attached hydrogen (secondary N) is 1. The van der Waals surface area contributed by atoms with Gasteiger partial charge in [-0.1, -0.05) is 30.7 Å². The van der Waals surface area contributed by atoms with Gasteiger partial charge in [0.05, 0.1) is 0 Å². The highest BCUT2D eigenvalue weighted by atomic mass is 32.1. The van der Waals surface area contributed by atoms with Gasteiger partial charge in [-0.05, 0) is 19.4 Å². The molecule has 0 atom stereocenters. The minimum Gasteiger partial charge on any atom is -0.360 e. The Hall–Kier alpha value is -1.42. The van der Waals surface area contributed by atoms with Crippen LogP contribution in [0.4, 0.5) is 5.13 Å². The molecular weight excluding hydrogens is 218 g/mol. The quantitative estimate of drug-likeness (QED) is 0.880. The number of aryl methyl sites for hydroxylation is 1. The van der Waals surface area contributed by atoms with Crippen LogP contribution in [0.15, 0.2) is 24.3 Å². The molecule has 84 valence electrons. The van der Waals surface area contributed by atoms with Gasteiger partial charge in [0, 0.05) is 23.6 Å². The third-order valence-electron chi connectivity index (χ3n) is 2.23. The number of rotatable bonds is 4. The predicted octanol–water partition coefficient (Wildman–Crippen LogP) is 3.34. The van der Waals surface area contributed by atoms with Gasteiger partial charge in [0.2, 0.25) is 5.13 Å². The SMILES string of the molecule is CCCNc1nc(-c2cccc(C)c2)ns1. The third-order valence-corrected chi connectivity index (χ3v) is 2.90. The first-order valence-electron chi connectivity index (χ1n) is 5.44. The van der Waals surface area contributed by atoms with E-state index in [2.05, 4.69) is 40.7 Å². The topological polar surface area (TPSA) is 37.8 Å². The van der Waals surface area contributed by atoms with Crippen molar-refractivity contribution in [1.82, 2.24) is 9.36 Å². The third kappa shape index (κ3) is 2.58. The molecule has 4 heteroatoms. The van der Waals surface area contributed by atoms with Gasteiger partial charge in [0.1, 0.15) is 0 Å². The van der Waals surface area contributed by atoms with E-state index >= 15 is 0 Å². The van der Waals surface area contributed by atoms with E-state index in [9.17, 15) is 0 Å². The van der Waals surface area contributed by atoms with Crippen molar-refractivity contribution in [1.29, 1.82) is 0 Å². The van der Waals surface area contributed by atoms with Crippen LogP contribution in [0.1, 0.15) is 18.9 Å². The van der Waals surface area contributed by atoms with Gasteiger partial charge in [0.15, 0.2) is 5.82 Å². The smallest absolute Gasteiger partial charge is 0.202 e. The molecule has 1 heterocycles. The van der Waals surface area contributed by atoms with E-state index in [-0.39, 0.29) is 0 Å². The first kappa shape index (κ1) is 11.1. The van der Waals surface area contributed by atoms with Gasteiger partial charge in [0.25, 0.3) is 0 Å². The lowest BCUT2D eigenvalue weighted by Gasteiger charge is -1.97. The van der Waals surface area contributed by atoms with Crippen LogP contribution in [0.25, 0.3) is 11.4 Å². The summed E-state index contributed by atoms with van der Waals surface area (Å²) in [6, 6.07) is 8.25. The van der Waals surface area contributed by atoms with Crippen molar-refractivity contribution in [2.45, 2.75) is 20.3 Å². The molecule has 0 spiro atoms. The Morgan fingerprint density at radius 3 is 3.00 bits per heavy atom. The fourth-order valence-electron chi connectivity index (χ4n) is 1.43. The van der Waals surface area contributed by atoms with Crippen LogP contribution in [-0.4, -0.2) is 15.9 Å². The first-order chi connectivity index (χ1) is 7.79. The van der Waals surface area contributed by atoms with Crippen molar-refractivity contribution >= 4 is 16.7 Å². The molecule has 2 aromatic rings. The normalized spacial score (nSPS) is 10.4. The van der Waals surface area contributed by atoms with E-state index in [4.69, 9.17) is 0 Å². The van der Waals surface area contributed by atoms with Crippen LogP contribution in [-0.2, 0) is 0 Å². The van der Waals surface area contributed by atoms with E-state index in [0.717, 1.165) is 29.5 Å². The molecule has 0 aliphatic heterocycles. The Morgan fingerprint density at radius 1 is 1.38 bits per heavy atom. The van der Waals surface area contributed by atoms with Crippen LogP contribution < -0.4 is 5.32 Å². The second-order valence-corrected chi connectivity index (χ2v) is 4.47. The minimum atomic E-state index is 0.812. The molecule has 1 N–H and O–H groups in total. The number of nitrogens with zero attached hydrogens (tertiary/aromatic N) is 2. The van der Waals surface area contributed by atoms with Gasteiger partial charge in [-0.25, -0.2) is 0 Å². The lowest BCUT2D eigenvalue weighted by molar-refractivity contribution is 0.976. The van der Waals surface area contributed by atoms with Crippen LogP contribution in [0, 0.1) is 6.92 Å². The lowest BCUT2D eigenvalue weighted by Crippen LogP contribution is -1.98. The number of benzene rings is 1. The second-order valence-electron chi connectivity index (χ2n) is 3.72. The Morgan fingerprint density at radius 2 is 2.25 bits per heavy atom. The summed E-state index contributed by atoms with van der Waals surface area (Å²) in [5.41, 5.74) is 2.32. The molecule has 0 unspecified atom stereocenters. The molecule has 0 saturated heterocycles. The summed E-state index contributed by atoms with van der Waals surface area (Å²) in [6.07, 6.45) is 1.10. The molecule has 0 radical (unpaired) electrons.